The molecule has 0 saturated carbocycles. The van der Waals surface area contributed by atoms with Crippen LogP contribution in [0.1, 0.15) is 25.0 Å². The minimum atomic E-state index is 0. The summed E-state index contributed by atoms with van der Waals surface area (Å²) < 4.78 is 5.50. The summed E-state index contributed by atoms with van der Waals surface area (Å²) in [5.74, 6) is 1.68. The third-order valence-electron chi connectivity index (χ3n) is 4.19. The minimum absolute atomic E-state index is 0. The first-order valence-electron chi connectivity index (χ1n) is 7.78. The van der Waals surface area contributed by atoms with E-state index < -0.39 is 0 Å². The molecule has 0 aliphatic carbocycles. The van der Waals surface area contributed by atoms with Crippen LogP contribution in [0, 0.1) is 5.92 Å². The summed E-state index contributed by atoms with van der Waals surface area (Å²) in [5, 5.41) is 4.19. The number of piperidine rings is 1. The van der Waals surface area contributed by atoms with Crippen LogP contribution in [0.2, 0.25) is 0 Å². The molecule has 1 fully saturated rings. The van der Waals surface area contributed by atoms with Crippen LogP contribution < -0.4 is 5.73 Å². The van der Waals surface area contributed by atoms with Gasteiger partial charge in [0.05, 0.1) is 6.54 Å². The van der Waals surface area contributed by atoms with Gasteiger partial charge in [-0.25, -0.2) is 0 Å². The van der Waals surface area contributed by atoms with Gasteiger partial charge in [0.2, 0.25) is 0 Å². The first-order valence-corrected chi connectivity index (χ1v) is 7.78. The van der Waals surface area contributed by atoms with Crippen molar-refractivity contribution in [2.45, 2.75) is 25.8 Å². The molecular weight excluding hydrogens is 298 g/mol. The van der Waals surface area contributed by atoms with Gasteiger partial charge in [0, 0.05) is 18.2 Å². The zero-order valence-corrected chi connectivity index (χ0v) is 13.6. The Bertz CT molecular complexity index is 556. The molecule has 1 atom stereocenters. The van der Waals surface area contributed by atoms with Crippen molar-refractivity contribution in [1.29, 1.82) is 0 Å². The largest absolute Gasteiger partial charge is 0.359 e. The first-order chi connectivity index (χ1) is 10.3. The van der Waals surface area contributed by atoms with E-state index in [0.717, 1.165) is 55.5 Å². The molecule has 1 aliphatic rings. The molecule has 22 heavy (non-hydrogen) atoms. The van der Waals surface area contributed by atoms with E-state index in [2.05, 4.69) is 28.3 Å². The van der Waals surface area contributed by atoms with E-state index in [-0.39, 0.29) is 12.4 Å². The van der Waals surface area contributed by atoms with Crippen LogP contribution in [0.25, 0.3) is 11.3 Å². The van der Waals surface area contributed by atoms with Crippen LogP contribution in [-0.4, -0.2) is 29.7 Å². The topological polar surface area (TPSA) is 55.3 Å². The van der Waals surface area contributed by atoms with Gasteiger partial charge in [-0.1, -0.05) is 35.5 Å². The molecule has 1 aliphatic heterocycles. The summed E-state index contributed by atoms with van der Waals surface area (Å²) in [4.78, 5) is 2.46. The Morgan fingerprint density at radius 3 is 2.86 bits per heavy atom. The SMILES string of the molecule is Cl.NCCC1CCCN(Cc2cc(-c3ccccc3)no2)C1. The smallest absolute Gasteiger partial charge is 0.151 e. The van der Waals surface area contributed by atoms with Crippen LogP contribution in [0.15, 0.2) is 40.9 Å². The van der Waals surface area contributed by atoms with Gasteiger partial charge < -0.3 is 10.3 Å². The summed E-state index contributed by atoms with van der Waals surface area (Å²) in [6, 6.07) is 12.2. The second-order valence-corrected chi connectivity index (χ2v) is 5.87. The molecule has 2 N–H and O–H groups in total. The van der Waals surface area contributed by atoms with Gasteiger partial charge >= 0.3 is 0 Å². The molecule has 1 saturated heterocycles. The quantitative estimate of drug-likeness (QED) is 0.917. The van der Waals surface area contributed by atoms with Crippen LogP contribution in [0.5, 0.6) is 0 Å². The predicted molar refractivity (Wildman–Crippen MR) is 90.9 cm³/mol. The molecule has 4 nitrogen and oxygen atoms in total. The molecule has 3 rings (SSSR count). The van der Waals surface area contributed by atoms with Gasteiger partial charge in [-0.05, 0) is 38.3 Å². The van der Waals surface area contributed by atoms with E-state index in [9.17, 15) is 0 Å². The summed E-state index contributed by atoms with van der Waals surface area (Å²) in [5.41, 5.74) is 7.70. The lowest BCUT2D eigenvalue weighted by Gasteiger charge is -2.31. The number of hydrogen-bond acceptors (Lipinski definition) is 4. The average Bonchev–Trinajstić information content (AvgIpc) is 2.97. The molecule has 2 heterocycles. The number of nitrogens with zero attached hydrogens (tertiary/aromatic N) is 2. The molecule has 0 amide bonds. The first kappa shape index (κ1) is 17.0. The molecule has 120 valence electrons. The van der Waals surface area contributed by atoms with Crippen LogP contribution in [-0.2, 0) is 6.54 Å². The molecule has 5 heteroatoms. The molecule has 1 aromatic heterocycles. The third-order valence-corrected chi connectivity index (χ3v) is 4.19. The zero-order valence-electron chi connectivity index (χ0n) is 12.8. The highest BCUT2D eigenvalue weighted by atomic mass is 35.5. The highest BCUT2D eigenvalue weighted by Crippen LogP contribution is 2.23. The van der Waals surface area contributed by atoms with E-state index in [1.807, 2.05) is 18.2 Å². The lowest BCUT2D eigenvalue weighted by Crippen LogP contribution is -2.35. The molecule has 1 aromatic carbocycles. The summed E-state index contributed by atoms with van der Waals surface area (Å²) in [6.07, 6.45) is 3.69. The van der Waals surface area contributed by atoms with Crippen molar-refractivity contribution in [2.75, 3.05) is 19.6 Å². The maximum Gasteiger partial charge on any atom is 0.151 e. The van der Waals surface area contributed by atoms with Crippen LogP contribution in [0.4, 0.5) is 0 Å². The van der Waals surface area contributed by atoms with E-state index >= 15 is 0 Å². The van der Waals surface area contributed by atoms with Crippen molar-refractivity contribution in [1.82, 2.24) is 10.1 Å². The van der Waals surface area contributed by atoms with Gasteiger partial charge in [-0.2, -0.15) is 0 Å². The number of rotatable bonds is 5. The normalized spacial score (nSPS) is 18.9. The van der Waals surface area contributed by atoms with Crippen molar-refractivity contribution in [3.63, 3.8) is 0 Å². The maximum absolute atomic E-state index is 5.68. The van der Waals surface area contributed by atoms with Crippen molar-refractivity contribution in [3.05, 3.63) is 42.2 Å². The van der Waals surface area contributed by atoms with E-state index in [1.54, 1.807) is 0 Å². The number of hydrogen-bond donors (Lipinski definition) is 1. The fraction of sp³-hybridized carbons (Fsp3) is 0.471. The Morgan fingerprint density at radius 1 is 1.27 bits per heavy atom. The number of nitrogens with two attached hydrogens (primary N) is 1. The zero-order chi connectivity index (χ0) is 14.5. The summed E-state index contributed by atoms with van der Waals surface area (Å²) in [7, 11) is 0. The average molecular weight is 322 g/mol. The predicted octanol–water partition coefficient (Wildman–Crippen LogP) is 3.32. The van der Waals surface area contributed by atoms with Crippen molar-refractivity contribution in [2.24, 2.45) is 11.7 Å². The highest BCUT2D eigenvalue weighted by molar-refractivity contribution is 5.85. The second kappa shape index (κ2) is 8.32. The minimum Gasteiger partial charge on any atom is -0.359 e. The number of likely N-dealkylation sites (tertiary alicyclic amines) is 1. The second-order valence-electron chi connectivity index (χ2n) is 5.87. The maximum atomic E-state index is 5.68. The van der Waals surface area contributed by atoms with E-state index in [0.29, 0.717) is 0 Å². The Balaban J connectivity index is 0.00000176. The van der Waals surface area contributed by atoms with Gasteiger partial charge in [-0.3, -0.25) is 4.90 Å². The summed E-state index contributed by atoms with van der Waals surface area (Å²) in [6.45, 7) is 3.90. The van der Waals surface area contributed by atoms with Crippen molar-refractivity contribution >= 4 is 12.4 Å². The van der Waals surface area contributed by atoms with Gasteiger partial charge in [0.25, 0.3) is 0 Å². The van der Waals surface area contributed by atoms with E-state index in [1.165, 1.54) is 12.8 Å². The third kappa shape index (κ3) is 4.32. The fourth-order valence-corrected chi connectivity index (χ4v) is 3.12. The lowest BCUT2D eigenvalue weighted by molar-refractivity contribution is 0.149. The van der Waals surface area contributed by atoms with Gasteiger partial charge in [0.1, 0.15) is 5.69 Å². The monoisotopic (exact) mass is 321 g/mol. The molecule has 0 spiro atoms. The standard InChI is InChI=1S/C17H23N3O.ClH/c18-9-8-14-5-4-10-20(12-14)13-16-11-17(19-21-16)15-6-2-1-3-7-15;/h1-3,6-7,11,14H,4-5,8-10,12-13,18H2;1H. The molecular formula is C17H24ClN3O. The van der Waals surface area contributed by atoms with Gasteiger partial charge in [-0.15, -0.1) is 12.4 Å². The molecule has 0 radical (unpaired) electrons. The van der Waals surface area contributed by atoms with Crippen molar-refractivity contribution < 1.29 is 4.52 Å². The molecule has 1 unspecified atom stereocenters. The highest BCUT2D eigenvalue weighted by Gasteiger charge is 2.20. The number of halogens is 1. The van der Waals surface area contributed by atoms with E-state index in [4.69, 9.17) is 10.3 Å². The molecule has 0 bridgehead atoms. The number of aromatic nitrogens is 1. The Morgan fingerprint density at radius 2 is 2.09 bits per heavy atom. The Hall–Kier alpha value is -1.36. The van der Waals surface area contributed by atoms with Crippen molar-refractivity contribution in [3.8, 4) is 11.3 Å². The summed E-state index contributed by atoms with van der Waals surface area (Å²) >= 11 is 0. The number of benzene rings is 1. The lowest BCUT2D eigenvalue weighted by atomic mass is 9.95. The Kier molecular flexibility index (Phi) is 6.43. The van der Waals surface area contributed by atoms with Crippen LogP contribution in [0.3, 0.4) is 0 Å². The van der Waals surface area contributed by atoms with Gasteiger partial charge in [0.15, 0.2) is 5.76 Å². The molecule has 2 aromatic rings. The van der Waals surface area contributed by atoms with Crippen LogP contribution >= 0.6 is 12.4 Å². The fourth-order valence-electron chi connectivity index (χ4n) is 3.12. The Labute approximate surface area is 138 Å².